The lowest BCUT2D eigenvalue weighted by molar-refractivity contribution is -0.920. The summed E-state index contributed by atoms with van der Waals surface area (Å²) in [6, 6.07) is 18.4. The predicted molar refractivity (Wildman–Crippen MR) is 155 cm³/mol. The molecule has 2 unspecified atom stereocenters. The van der Waals surface area contributed by atoms with Crippen molar-refractivity contribution in [3.63, 3.8) is 0 Å². The molecule has 0 aliphatic rings. The summed E-state index contributed by atoms with van der Waals surface area (Å²) in [7, 11) is 4.25. The van der Waals surface area contributed by atoms with Gasteiger partial charge in [0.1, 0.15) is 12.3 Å². The fraction of sp³-hybridized carbons (Fsp3) is 0.606. The SMILES string of the molecule is CCCCCCCCCc1ccccc1OC(CCC)OC(=O)C(CCC)[N+](C)(C)Cc1ccccc1. The highest BCUT2D eigenvalue weighted by molar-refractivity contribution is 5.74. The maximum absolute atomic E-state index is 13.5. The van der Waals surface area contributed by atoms with Crippen molar-refractivity contribution in [2.24, 2.45) is 0 Å². The lowest BCUT2D eigenvalue weighted by atomic mass is 10.0. The van der Waals surface area contributed by atoms with Crippen molar-refractivity contribution >= 4 is 5.97 Å². The molecule has 0 saturated carbocycles. The van der Waals surface area contributed by atoms with Crippen LogP contribution in [0.25, 0.3) is 0 Å². The van der Waals surface area contributed by atoms with Gasteiger partial charge in [-0.3, -0.25) is 0 Å². The molecular weight excluding hydrogens is 458 g/mol. The van der Waals surface area contributed by atoms with Gasteiger partial charge >= 0.3 is 5.97 Å². The third-order valence-corrected chi connectivity index (χ3v) is 7.16. The van der Waals surface area contributed by atoms with Crippen LogP contribution in [0.5, 0.6) is 5.75 Å². The van der Waals surface area contributed by atoms with Gasteiger partial charge in [0.25, 0.3) is 0 Å². The molecular formula is C33H52NO3+. The first-order valence-corrected chi connectivity index (χ1v) is 14.7. The zero-order chi connectivity index (χ0) is 26.9. The van der Waals surface area contributed by atoms with E-state index in [0.717, 1.165) is 44.4 Å². The monoisotopic (exact) mass is 510 g/mol. The van der Waals surface area contributed by atoms with E-state index in [1.165, 1.54) is 49.7 Å². The second-order valence-electron chi connectivity index (χ2n) is 11.0. The number of rotatable bonds is 19. The maximum Gasteiger partial charge on any atom is 0.368 e. The molecule has 0 saturated heterocycles. The number of quaternary nitrogens is 1. The quantitative estimate of drug-likeness (QED) is 0.0823. The van der Waals surface area contributed by atoms with Crippen LogP contribution < -0.4 is 4.74 Å². The molecule has 0 aliphatic carbocycles. The number of carbonyl (C=O) groups excluding carboxylic acids is 1. The van der Waals surface area contributed by atoms with E-state index >= 15 is 0 Å². The van der Waals surface area contributed by atoms with Crippen LogP contribution in [0.3, 0.4) is 0 Å². The van der Waals surface area contributed by atoms with E-state index in [4.69, 9.17) is 9.47 Å². The second-order valence-corrected chi connectivity index (χ2v) is 11.0. The summed E-state index contributed by atoms with van der Waals surface area (Å²) in [5.74, 6) is 0.690. The summed E-state index contributed by atoms with van der Waals surface area (Å²) < 4.78 is 13.0. The molecule has 0 amide bonds. The number of carbonyl (C=O) groups is 1. The van der Waals surface area contributed by atoms with Crippen molar-refractivity contribution in [2.75, 3.05) is 14.1 Å². The number of unbranched alkanes of at least 4 members (excludes halogenated alkanes) is 6. The van der Waals surface area contributed by atoms with Gasteiger partial charge in [-0.2, -0.15) is 0 Å². The van der Waals surface area contributed by atoms with Crippen LogP contribution in [0.4, 0.5) is 0 Å². The highest BCUT2D eigenvalue weighted by atomic mass is 16.7. The van der Waals surface area contributed by atoms with Crippen LogP contribution in [0, 0.1) is 0 Å². The zero-order valence-corrected chi connectivity index (χ0v) is 24.2. The Bertz CT molecular complexity index is 880. The van der Waals surface area contributed by atoms with Gasteiger partial charge in [-0.15, -0.1) is 0 Å². The summed E-state index contributed by atoms with van der Waals surface area (Å²) in [5, 5.41) is 0. The molecule has 0 spiro atoms. The number of hydrogen-bond acceptors (Lipinski definition) is 3. The number of likely N-dealkylation sites (N-methyl/N-ethyl adjacent to an activating group) is 1. The molecule has 4 heteroatoms. The van der Waals surface area contributed by atoms with E-state index in [1.54, 1.807) is 0 Å². The van der Waals surface area contributed by atoms with Gasteiger partial charge in [-0.25, -0.2) is 4.79 Å². The smallest absolute Gasteiger partial charge is 0.368 e. The summed E-state index contributed by atoms with van der Waals surface area (Å²) >= 11 is 0. The maximum atomic E-state index is 13.5. The van der Waals surface area contributed by atoms with Crippen molar-refractivity contribution in [1.29, 1.82) is 0 Å². The highest BCUT2D eigenvalue weighted by Crippen LogP contribution is 2.25. The van der Waals surface area contributed by atoms with E-state index in [1.807, 2.05) is 18.2 Å². The van der Waals surface area contributed by atoms with Gasteiger partial charge in [-0.05, 0) is 37.3 Å². The molecule has 206 valence electrons. The normalized spacial score (nSPS) is 13.2. The zero-order valence-electron chi connectivity index (χ0n) is 24.2. The van der Waals surface area contributed by atoms with Crippen LogP contribution >= 0.6 is 0 Å². The molecule has 0 aliphatic heterocycles. The average Bonchev–Trinajstić information content (AvgIpc) is 2.88. The summed E-state index contributed by atoms with van der Waals surface area (Å²) in [4.78, 5) is 13.5. The average molecular weight is 511 g/mol. The highest BCUT2D eigenvalue weighted by Gasteiger charge is 2.37. The number of nitrogens with zero attached hydrogens (tertiary/aromatic N) is 1. The lowest BCUT2D eigenvalue weighted by Crippen LogP contribution is -2.53. The Morgan fingerprint density at radius 1 is 0.757 bits per heavy atom. The minimum absolute atomic E-state index is 0.161. The number of esters is 1. The van der Waals surface area contributed by atoms with Gasteiger partial charge in [0.2, 0.25) is 6.29 Å². The third kappa shape index (κ3) is 11.3. The summed E-state index contributed by atoms with van der Waals surface area (Å²) in [5.41, 5.74) is 2.43. The fourth-order valence-corrected chi connectivity index (χ4v) is 5.02. The summed E-state index contributed by atoms with van der Waals surface area (Å²) in [6.07, 6.45) is 12.7. The molecule has 0 N–H and O–H groups in total. The minimum Gasteiger partial charge on any atom is -0.454 e. The Balaban J connectivity index is 2.03. The van der Waals surface area contributed by atoms with Crippen LogP contribution in [0.1, 0.15) is 103 Å². The van der Waals surface area contributed by atoms with Crippen LogP contribution in [0.15, 0.2) is 54.6 Å². The fourth-order valence-electron chi connectivity index (χ4n) is 5.02. The van der Waals surface area contributed by atoms with Gasteiger partial charge in [0.15, 0.2) is 6.04 Å². The molecule has 0 radical (unpaired) electrons. The Morgan fingerprint density at radius 2 is 1.38 bits per heavy atom. The first-order chi connectivity index (χ1) is 17.9. The Morgan fingerprint density at radius 3 is 2.05 bits per heavy atom. The van der Waals surface area contributed by atoms with Gasteiger partial charge in [0, 0.05) is 18.4 Å². The van der Waals surface area contributed by atoms with Gasteiger partial charge in [-0.1, -0.05) is 108 Å². The molecule has 0 heterocycles. The molecule has 2 atom stereocenters. The van der Waals surface area contributed by atoms with E-state index in [2.05, 4.69) is 71.3 Å². The van der Waals surface area contributed by atoms with Crippen molar-refractivity contribution in [1.82, 2.24) is 0 Å². The van der Waals surface area contributed by atoms with Crippen molar-refractivity contribution < 1.29 is 18.8 Å². The van der Waals surface area contributed by atoms with E-state index in [9.17, 15) is 4.79 Å². The molecule has 0 bridgehead atoms. The van der Waals surface area contributed by atoms with Gasteiger partial charge < -0.3 is 14.0 Å². The molecule has 4 nitrogen and oxygen atoms in total. The third-order valence-electron chi connectivity index (χ3n) is 7.16. The van der Waals surface area contributed by atoms with Crippen molar-refractivity contribution in [3.8, 4) is 5.75 Å². The predicted octanol–water partition coefficient (Wildman–Crippen LogP) is 8.47. The standard InChI is InChI=1S/C33H52NO3/c1-6-9-10-11-12-13-17-24-29-25-18-19-26-31(29)36-32(21-8-3)37-33(35)30(20-7-2)34(4,5)27-28-22-15-14-16-23-28/h14-16,18-19,22-23,25-26,30,32H,6-13,17,20-21,24,27H2,1-5H3/q+1. The number of hydrogen-bond donors (Lipinski definition) is 0. The van der Waals surface area contributed by atoms with E-state index in [-0.39, 0.29) is 12.0 Å². The van der Waals surface area contributed by atoms with E-state index < -0.39 is 6.29 Å². The lowest BCUT2D eigenvalue weighted by Gasteiger charge is -2.37. The Kier molecular flexibility index (Phi) is 14.4. The largest absolute Gasteiger partial charge is 0.454 e. The topological polar surface area (TPSA) is 35.5 Å². The minimum atomic E-state index is -0.566. The molecule has 0 fully saturated rings. The first-order valence-electron chi connectivity index (χ1n) is 14.7. The van der Waals surface area contributed by atoms with Crippen LogP contribution in [-0.4, -0.2) is 36.9 Å². The molecule has 2 aromatic carbocycles. The Hall–Kier alpha value is -2.33. The van der Waals surface area contributed by atoms with Crippen molar-refractivity contribution in [3.05, 3.63) is 65.7 Å². The van der Waals surface area contributed by atoms with Gasteiger partial charge in [0.05, 0.1) is 14.1 Å². The molecule has 37 heavy (non-hydrogen) atoms. The van der Waals surface area contributed by atoms with Crippen LogP contribution in [-0.2, 0) is 22.5 Å². The number of ether oxygens (including phenoxy) is 2. The second kappa shape index (κ2) is 17.2. The van der Waals surface area contributed by atoms with E-state index in [0.29, 0.717) is 10.9 Å². The summed E-state index contributed by atoms with van der Waals surface area (Å²) in [6.45, 7) is 7.27. The molecule has 0 aromatic heterocycles. The first kappa shape index (κ1) is 30.9. The number of para-hydroxylation sites is 1. The molecule has 2 rings (SSSR count). The molecule has 2 aromatic rings. The Labute approximate surface area is 227 Å². The van der Waals surface area contributed by atoms with Crippen LogP contribution in [0.2, 0.25) is 0 Å². The number of aryl methyl sites for hydroxylation is 1. The number of benzene rings is 2. The van der Waals surface area contributed by atoms with Crippen molar-refractivity contribution in [2.45, 2.75) is 117 Å².